The standard InChI is InChI=1S/C11H12ClNO2/c12-9-1-2-10-8(7-9)3-4-13(5-6-14)11(10)15/h1-2,7,14H,3-6H2. The van der Waals surface area contributed by atoms with Crippen LogP contribution in [0.1, 0.15) is 15.9 Å². The van der Waals surface area contributed by atoms with Crippen molar-refractivity contribution in [2.24, 2.45) is 0 Å². The van der Waals surface area contributed by atoms with Crippen molar-refractivity contribution < 1.29 is 9.90 Å². The van der Waals surface area contributed by atoms with E-state index in [0.29, 0.717) is 23.7 Å². The van der Waals surface area contributed by atoms with Crippen LogP contribution in [0.4, 0.5) is 0 Å². The molecule has 0 bridgehead atoms. The van der Waals surface area contributed by atoms with Crippen LogP contribution in [0.25, 0.3) is 0 Å². The Bertz CT molecular complexity index is 392. The van der Waals surface area contributed by atoms with Gasteiger partial charge in [0.1, 0.15) is 0 Å². The highest BCUT2D eigenvalue weighted by Gasteiger charge is 2.23. The van der Waals surface area contributed by atoms with Crippen LogP contribution >= 0.6 is 11.6 Å². The number of halogens is 1. The number of nitrogens with zero attached hydrogens (tertiary/aromatic N) is 1. The van der Waals surface area contributed by atoms with Gasteiger partial charge >= 0.3 is 0 Å². The molecular weight excluding hydrogens is 214 g/mol. The molecule has 1 N–H and O–H groups in total. The number of hydrogen-bond donors (Lipinski definition) is 1. The smallest absolute Gasteiger partial charge is 0.254 e. The number of rotatable bonds is 2. The van der Waals surface area contributed by atoms with Gasteiger partial charge in [-0.3, -0.25) is 4.79 Å². The summed E-state index contributed by atoms with van der Waals surface area (Å²) in [4.78, 5) is 13.6. The number of aliphatic hydroxyl groups is 1. The van der Waals surface area contributed by atoms with E-state index in [1.807, 2.05) is 6.07 Å². The topological polar surface area (TPSA) is 40.5 Å². The lowest BCUT2D eigenvalue weighted by Gasteiger charge is -2.27. The molecule has 2 rings (SSSR count). The molecule has 0 saturated heterocycles. The Morgan fingerprint density at radius 3 is 3.00 bits per heavy atom. The predicted molar refractivity (Wildman–Crippen MR) is 58.1 cm³/mol. The number of hydrogen-bond acceptors (Lipinski definition) is 2. The molecule has 1 aliphatic heterocycles. The van der Waals surface area contributed by atoms with Crippen molar-refractivity contribution in [2.45, 2.75) is 6.42 Å². The largest absolute Gasteiger partial charge is 0.395 e. The molecule has 0 fully saturated rings. The molecule has 0 saturated carbocycles. The molecule has 4 heteroatoms. The Labute approximate surface area is 93.3 Å². The third-order valence-electron chi connectivity index (χ3n) is 2.61. The lowest BCUT2D eigenvalue weighted by atomic mass is 9.99. The van der Waals surface area contributed by atoms with E-state index < -0.39 is 0 Å². The molecule has 0 aliphatic carbocycles. The van der Waals surface area contributed by atoms with Crippen LogP contribution in [0.15, 0.2) is 18.2 Å². The number of aliphatic hydroxyl groups excluding tert-OH is 1. The summed E-state index contributed by atoms with van der Waals surface area (Å²) in [5, 5.41) is 9.48. The molecule has 3 nitrogen and oxygen atoms in total. The van der Waals surface area contributed by atoms with Gasteiger partial charge in [0.15, 0.2) is 0 Å². The number of β-amino-alcohol motifs (C(OH)–C–C–N with tert-alkyl or cyclic N) is 1. The Kier molecular flexibility index (Phi) is 2.93. The summed E-state index contributed by atoms with van der Waals surface area (Å²) in [7, 11) is 0. The Morgan fingerprint density at radius 2 is 2.27 bits per heavy atom. The minimum atomic E-state index is -0.0121. The van der Waals surface area contributed by atoms with Gasteiger partial charge in [-0.05, 0) is 30.2 Å². The molecule has 0 radical (unpaired) electrons. The monoisotopic (exact) mass is 225 g/mol. The van der Waals surface area contributed by atoms with E-state index in [0.717, 1.165) is 12.0 Å². The average molecular weight is 226 g/mol. The average Bonchev–Trinajstić information content (AvgIpc) is 2.22. The van der Waals surface area contributed by atoms with Gasteiger partial charge in [0.05, 0.1) is 6.61 Å². The normalized spacial score (nSPS) is 15.3. The maximum absolute atomic E-state index is 11.9. The second-order valence-electron chi connectivity index (χ2n) is 3.57. The van der Waals surface area contributed by atoms with Crippen molar-refractivity contribution in [1.82, 2.24) is 4.90 Å². The van der Waals surface area contributed by atoms with Gasteiger partial charge in [0.25, 0.3) is 5.91 Å². The zero-order chi connectivity index (χ0) is 10.8. The van der Waals surface area contributed by atoms with Gasteiger partial charge in [-0.15, -0.1) is 0 Å². The SMILES string of the molecule is O=C1c2ccc(Cl)cc2CCN1CCO. The molecule has 80 valence electrons. The van der Waals surface area contributed by atoms with E-state index in [4.69, 9.17) is 16.7 Å². The van der Waals surface area contributed by atoms with Crippen molar-refractivity contribution >= 4 is 17.5 Å². The summed E-state index contributed by atoms with van der Waals surface area (Å²) in [5.41, 5.74) is 1.71. The lowest BCUT2D eigenvalue weighted by molar-refractivity contribution is 0.0705. The Hall–Kier alpha value is -1.06. The fourth-order valence-electron chi connectivity index (χ4n) is 1.84. The van der Waals surface area contributed by atoms with E-state index in [9.17, 15) is 4.79 Å². The van der Waals surface area contributed by atoms with E-state index in [1.54, 1.807) is 17.0 Å². The molecule has 0 aromatic heterocycles. The van der Waals surface area contributed by atoms with Crippen LogP contribution in [0.2, 0.25) is 5.02 Å². The fraction of sp³-hybridized carbons (Fsp3) is 0.364. The second-order valence-corrected chi connectivity index (χ2v) is 4.00. The minimum Gasteiger partial charge on any atom is -0.395 e. The number of amides is 1. The molecular formula is C11H12ClNO2. The Morgan fingerprint density at radius 1 is 1.47 bits per heavy atom. The van der Waals surface area contributed by atoms with E-state index in [2.05, 4.69) is 0 Å². The van der Waals surface area contributed by atoms with Crippen LogP contribution in [0.3, 0.4) is 0 Å². The molecule has 1 aromatic rings. The maximum Gasteiger partial charge on any atom is 0.254 e. The van der Waals surface area contributed by atoms with E-state index in [-0.39, 0.29) is 12.5 Å². The van der Waals surface area contributed by atoms with Crippen molar-refractivity contribution in [3.05, 3.63) is 34.3 Å². The first-order chi connectivity index (χ1) is 7.22. The summed E-state index contributed by atoms with van der Waals surface area (Å²) in [6.07, 6.45) is 0.807. The zero-order valence-electron chi connectivity index (χ0n) is 8.24. The highest BCUT2D eigenvalue weighted by molar-refractivity contribution is 6.30. The summed E-state index contributed by atoms with van der Waals surface area (Å²) in [6.45, 7) is 1.07. The summed E-state index contributed by atoms with van der Waals surface area (Å²) >= 11 is 5.86. The third kappa shape index (κ3) is 1.98. The second kappa shape index (κ2) is 4.21. The van der Waals surface area contributed by atoms with Crippen LogP contribution in [0.5, 0.6) is 0 Å². The summed E-state index contributed by atoms with van der Waals surface area (Å²) < 4.78 is 0. The summed E-state index contributed by atoms with van der Waals surface area (Å²) in [5.74, 6) is -0.0121. The van der Waals surface area contributed by atoms with Crippen molar-refractivity contribution in [2.75, 3.05) is 19.7 Å². The van der Waals surface area contributed by atoms with Gasteiger partial charge in [-0.2, -0.15) is 0 Å². The highest BCUT2D eigenvalue weighted by atomic mass is 35.5. The van der Waals surface area contributed by atoms with Gasteiger partial charge in [0.2, 0.25) is 0 Å². The van der Waals surface area contributed by atoms with Crippen LogP contribution in [-0.2, 0) is 6.42 Å². The number of carbonyl (C=O) groups excluding carboxylic acids is 1. The van der Waals surface area contributed by atoms with Gasteiger partial charge < -0.3 is 10.0 Å². The van der Waals surface area contributed by atoms with Gasteiger partial charge in [-0.25, -0.2) is 0 Å². The highest BCUT2D eigenvalue weighted by Crippen LogP contribution is 2.22. The van der Waals surface area contributed by atoms with Crippen molar-refractivity contribution in [1.29, 1.82) is 0 Å². The number of benzene rings is 1. The maximum atomic E-state index is 11.9. The van der Waals surface area contributed by atoms with E-state index in [1.165, 1.54) is 0 Å². The molecule has 1 aromatic carbocycles. The first kappa shape index (κ1) is 10.5. The first-order valence-corrected chi connectivity index (χ1v) is 5.28. The minimum absolute atomic E-state index is 0.00859. The Balaban J connectivity index is 2.30. The van der Waals surface area contributed by atoms with Gasteiger partial charge in [-0.1, -0.05) is 11.6 Å². The predicted octanol–water partition coefficient (Wildman–Crippen LogP) is 1.33. The zero-order valence-corrected chi connectivity index (χ0v) is 9.00. The third-order valence-corrected chi connectivity index (χ3v) is 2.84. The molecule has 1 aliphatic rings. The van der Waals surface area contributed by atoms with Crippen molar-refractivity contribution in [3.63, 3.8) is 0 Å². The molecule has 0 atom stereocenters. The van der Waals surface area contributed by atoms with E-state index >= 15 is 0 Å². The first-order valence-electron chi connectivity index (χ1n) is 4.91. The molecule has 0 spiro atoms. The van der Waals surface area contributed by atoms with Gasteiger partial charge in [0, 0.05) is 23.7 Å². The fourth-order valence-corrected chi connectivity index (χ4v) is 2.03. The lowest BCUT2D eigenvalue weighted by Crippen LogP contribution is -2.39. The molecule has 15 heavy (non-hydrogen) atoms. The molecule has 1 amide bonds. The van der Waals surface area contributed by atoms with Crippen LogP contribution in [0, 0.1) is 0 Å². The number of carbonyl (C=O) groups is 1. The molecule has 0 unspecified atom stereocenters. The van der Waals surface area contributed by atoms with Crippen LogP contribution < -0.4 is 0 Å². The molecule has 1 heterocycles. The van der Waals surface area contributed by atoms with Crippen LogP contribution in [-0.4, -0.2) is 35.6 Å². The summed E-state index contributed by atoms with van der Waals surface area (Å²) in [6, 6.07) is 5.31. The quantitative estimate of drug-likeness (QED) is 0.825. The number of fused-ring (bicyclic) bond motifs is 1. The van der Waals surface area contributed by atoms with Crippen molar-refractivity contribution in [3.8, 4) is 0 Å².